The summed E-state index contributed by atoms with van der Waals surface area (Å²) in [5.41, 5.74) is 6.65. The Kier molecular flexibility index (Phi) is 4.49. The lowest BCUT2D eigenvalue weighted by atomic mass is 9.95. The molecule has 1 fully saturated rings. The highest BCUT2D eigenvalue weighted by Crippen LogP contribution is 2.24. The Hall–Kier alpha value is -1.20. The summed E-state index contributed by atoms with van der Waals surface area (Å²) in [4.78, 5) is 4.40. The summed E-state index contributed by atoms with van der Waals surface area (Å²) in [5, 5.41) is 8.68. The molecule has 0 amide bonds. The van der Waals surface area contributed by atoms with Crippen LogP contribution in [0.4, 0.5) is 5.82 Å². The van der Waals surface area contributed by atoms with Gasteiger partial charge in [-0.15, -0.1) is 5.10 Å². The zero-order valence-corrected chi connectivity index (χ0v) is 11.3. The molecule has 18 heavy (non-hydrogen) atoms. The lowest BCUT2D eigenvalue weighted by molar-refractivity contribution is 0.248. The van der Waals surface area contributed by atoms with E-state index in [0.29, 0.717) is 12.5 Å². The Bertz CT molecular complexity index is 364. The van der Waals surface area contributed by atoms with E-state index in [1.165, 1.54) is 19.4 Å². The highest BCUT2D eigenvalue weighted by molar-refractivity contribution is 5.36. The van der Waals surface area contributed by atoms with Gasteiger partial charge in [0.15, 0.2) is 5.82 Å². The van der Waals surface area contributed by atoms with E-state index in [1.807, 2.05) is 18.0 Å². The second-order valence-corrected chi connectivity index (χ2v) is 5.13. The summed E-state index contributed by atoms with van der Waals surface area (Å²) in [7, 11) is 4.16. The predicted octanol–water partition coefficient (Wildman–Crippen LogP) is 0.681. The van der Waals surface area contributed by atoms with Gasteiger partial charge in [0.05, 0.1) is 5.69 Å². The molecule has 1 aromatic rings. The number of nitrogens with zero attached hydrogens (tertiary/aromatic N) is 4. The standard InChI is InChI=1S/C13H23N5/c1-17-8-3-4-11(10-17)12-5-6-13(16-15-12)18(2)9-7-14/h5-6,11H,3-4,7-10,14H2,1-2H3. The summed E-state index contributed by atoms with van der Waals surface area (Å²) in [6.45, 7) is 3.72. The number of likely N-dealkylation sites (tertiary alicyclic amines) is 1. The van der Waals surface area contributed by atoms with Gasteiger partial charge in [0.25, 0.3) is 0 Å². The topological polar surface area (TPSA) is 58.3 Å². The van der Waals surface area contributed by atoms with Crippen molar-refractivity contribution in [2.24, 2.45) is 5.73 Å². The summed E-state index contributed by atoms with van der Waals surface area (Å²) >= 11 is 0. The van der Waals surface area contributed by atoms with E-state index in [1.54, 1.807) is 0 Å². The Labute approximate surface area is 109 Å². The number of anilines is 1. The minimum atomic E-state index is 0.533. The maximum atomic E-state index is 5.53. The third-order valence-electron chi connectivity index (χ3n) is 3.57. The van der Waals surface area contributed by atoms with Crippen molar-refractivity contribution >= 4 is 5.82 Å². The van der Waals surface area contributed by atoms with Crippen molar-refractivity contribution in [1.29, 1.82) is 0 Å². The molecular formula is C13H23N5. The van der Waals surface area contributed by atoms with Crippen LogP contribution in [0.3, 0.4) is 0 Å². The molecule has 0 aromatic carbocycles. The SMILES string of the molecule is CN1CCCC(c2ccc(N(C)CCN)nn2)C1. The third-order valence-corrected chi connectivity index (χ3v) is 3.57. The number of piperidine rings is 1. The van der Waals surface area contributed by atoms with Crippen LogP contribution in [-0.4, -0.2) is 55.4 Å². The normalized spacial score (nSPS) is 20.9. The van der Waals surface area contributed by atoms with Crippen molar-refractivity contribution in [1.82, 2.24) is 15.1 Å². The Balaban J connectivity index is 2.02. The van der Waals surface area contributed by atoms with Gasteiger partial charge in [0.1, 0.15) is 0 Å². The lowest BCUT2D eigenvalue weighted by Crippen LogP contribution is -2.31. The summed E-state index contributed by atoms with van der Waals surface area (Å²) in [6.07, 6.45) is 2.47. The van der Waals surface area contributed by atoms with Gasteiger partial charge in [-0.05, 0) is 38.6 Å². The maximum absolute atomic E-state index is 5.53. The minimum Gasteiger partial charge on any atom is -0.357 e. The van der Waals surface area contributed by atoms with E-state index >= 15 is 0 Å². The molecule has 0 spiro atoms. The molecule has 0 saturated carbocycles. The Morgan fingerprint density at radius 2 is 2.28 bits per heavy atom. The zero-order valence-electron chi connectivity index (χ0n) is 11.3. The van der Waals surface area contributed by atoms with E-state index < -0.39 is 0 Å². The largest absolute Gasteiger partial charge is 0.357 e. The van der Waals surface area contributed by atoms with Crippen molar-refractivity contribution in [2.75, 3.05) is 45.2 Å². The molecule has 1 aliphatic rings. The number of nitrogens with two attached hydrogens (primary N) is 1. The Morgan fingerprint density at radius 3 is 2.89 bits per heavy atom. The summed E-state index contributed by atoms with van der Waals surface area (Å²) in [5.74, 6) is 1.43. The first-order chi connectivity index (χ1) is 8.70. The molecule has 2 rings (SSSR count). The number of rotatable bonds is 4. The van der Waals surface area contributed by atoms with Crippen molar-refractivity contribution in [3.05, 3.63) is 17.8 Å². The van der Waals surface area contributed by atoms with Crippen LogP contribution >= 0.6 is 0 Å². The van der Waals surface area contributed by atoms with Crippen molar-refractivity contribution in [2.45, 2.75) is 18.8 Å². The van der Waals surface area contributed by atoms with E-state index in [9.17, 15) is 0 Å². The predicted molar refractivity (Wildman–Crippen MR) is 73.8 cm³/mol. The highest BCUT2D eigenvalue weighted by atomic mass is 15.2. The average Bonchev–Trinajstić information content (AvgIpc) is 2.39. The first kappa shape index (κ1) is 13.2. The van der Waals surface area contributed by atoms with Crippen molar-refractivity contribution in [3.8, 4) is 0 Å². The van der Waals surface area contributed by atoms with E-state index in [-0.39, 0.29) is 0 Å². The lowest BCUT2D eigenvalue weighted by Gasteiger charge is -2.29. The van der Waals surface area contributed by atoms with E-state index in [4.69, 9.17) is 5.73 Å². The second-order valence-electron chi connectivity index (χ2n) is 5.13. The van der Waals surface area contributed by atoms with Gasteiger partial charge in [0, 0.05) is 32.6 Å². The molecule has 5 nitrogen and oxygen atoms in total. The van der Waals surface area contributed by atoms with Gasteiger partial charge in [-0.2, -0.15) is 5.10 Å². The number of aromatic nitrogens is 2. The second kappa shape index (κ2) is 6.11. The molecule has 1 unspecified atom stereocenters. The molecule has 0 radical (unpaired) electrons. The van der Waals surface area contributed by atoms with Crippen molar-refractivity contribution < 1.29 is 0 Å². The van der Waals surface area contributed by atoms with Gasteiger partial charge in [-0.1, -0.05) is 0 Å². The molecule has 0 bridgehead atoms. The summed E-state index contributed by atoms with van der Waals surface area (Å²) < 4.78 is 0. The quantitative estimate of drug-likeness (QED) is 0.850. The van der Waals surface area contributed by atoms with Crippen LogP contribution in [-0.2, 0) is 0 Å². The first-order valence-electron chi connectivity index (χ1n) is 6.64. The molecule has 2 N–H and O–H groups in total. The molecule has 2 heterocycles. The highest BCUT2D eigenvalue weighted by Gasteiger charge is 2.20. The zero-order chi connectivity index (χ0) is 13.0. The van der Waals surface area contributed by atoms with E-state index in [0.717, 1.165) is 24.6 Å². The molecule has 1 aromatic heterocycles. The molecule has 1 atom stereocenters. The van der Waals surface area contributed by atoms with Gasteiger partial charge in [0.2, 0.25) is 0 Å². The van der Waals surface area contributed by atoms with Crippen LogP contribution in [0.5, 0.6) is 0 Å². The molecule has 1 aliphatic heterocycles. The van der Waals surface area contributed by atoms with Gasteiger partial charge < -0.3 is 15.5 Å². The van der Waals surface area contributed by atoms with Crippen LogP contribution in [0.2, 0.25) is 0 Å². The Morgan fingerprint density at radius 1 is 1.44 bits per heavy atom. The van der Waals surface area contributed by atoms with E-state index in [2.05, 4.69) is 28.2 Å². The van der Waals surface area contributed by atoms with Crippen LogP contribution in [0.25, 0.3) is 0 Å². The fraction of sp³-hybridized carbons (Fsp3) is 0.692. The monoisotopic (exact) mass is 249 g/mol. The molecule has 5 heteroatoms. The van der Waals surface area contributed by atoms with Crippen molar-refractivity contribution in [3.63, 3.8) is 0 Å². The van der Waals surface area contributed by atoms with Crippen LogP contribution < -0.4 is 10.6 Å². The number of hydrogen-bond donors (Lipinski definition) is 1. The fourth-order valence-corrected chi connectivity index (χ4v) is 2.47. The third kappa shape index (κ3) is 3.17. The average molecular weight is 249 g/mol. The van der Waals surface area contributed by atoms with Crippen LogP contribution in [0.1, 0.15) is 24.5 Å². The summed E-state index contributed by atoms with van der Waals surface area (Å²) in [6, 6.07) is 4.16. The smallest absolute Gasteiger partial charge is 0.151 e. The fourth-order valence-electron chi connectivity index (χ4n) is 2.47. The minimum absolute atomic E-state index is 0.533. The molecule has 0 aliphatic carbocycles. The van der Waals surface area contributed by atoms with Gasteiger partial charge >= 0.3 is 0 Å². The molecule has 100 valence electrons. The van der Waals surface area contributed by atoms with Gasteiger partial charge in [-0.25, -0.2) is 0 Å². The van der Waals surface area contributed by atoms with Gasteiger partial charge in [-0.3, -0.25) is 0 Å². The number of hydrogen-bond acceptors (Lipinski definition) is 5. The molecule has 1 saturated heterocycles. The number of likely N-dealkylation sites (N-methyl/N-ethyl adjacent to an activating group) is 2. The maximum Gasteiger partial charge on any atom is 0.151 e. The van der Waals surface area contributed by atoms with Crippen LogP contribution in [0.15, 0.2) is 12.1 Å². The molecular weight excluding hydrogens is 226 g/mol. The van der Waals surface area contributed by atoms with Crippen LogP contribution in [0, 0.1) is 0 Å². The first-order valence-corrected chi connectivity index (χ1v) is 6.64.